The number of ether oxygens (including phenoxy) is 4. The van der Waals surface area contributed by atoms with Crippen molar-refractivity contribution >= 4 is 36.0 Å². The van der Waals surface area contributed by atoms with Gasteiger partial charge in [-0.05, 0) is 12.2 Å². The predicted molar refractivity (Wildman–Crippen MR) is 136 cm³/mol. The molecule has 38 heavy (non-hydrogen) atoms. The molecule has 2 heterocycles. The van der Waals surface area contributed by atoms with E-state index in [0.717, 1.165) is 5.56 Å². The van der Waals surface area contributed by atoms with E-state index in [1.807, 2.05) is 30.3 Å². The third-order valence-electron chi connectivity index (χ3n) is 5.56. The first-order valence-corrected chi connectivity index (χ1v) is 12.2. The van der Waals surface area contributed by atoms with Crippen LogP contribution in [0.25, 0.3) is 11.4 Å². The number of benzene rings is 1. The van der Waals surface area contributed by atoms with E-state index >= 15 is 0 Å². The molecule has 0 radical (unpaired) electrons. The number of carbonyl (C=O) groups is 4. The second kappa shape index (κ2) is 12.6. The van der Waals surface area contributed by atoms with E-state index < -0.39 is 54.4 Å². The van der Waals surface area contributed by atoms with Gasteiger partial charge in [-0.15, -0.1) is 11.7 Å². The Bertz CT molecular complexity index is 1260. The lowest BCUT2D eigenvalue weighted by atomic mass is 9.95. The van der Waals surface area contributed by atoms with Crippen LogP contribution in [0.15, 0.2) is 43.0 Å². The van der Waals surface area contributed by atoms with Gasteiger partial charge in [-0.2, -0.15) is 0 Å². The standard InChI is InChI=1S/C25H30N4O8S/c1-6-12-28-23(18-10-8-7-9-11-18)27-29(25(28)38)24-20(26-14(2)30)22(36-17(5)33)21(35-16(4)32)19(37-24)13-34-15(3)31/h6-11,19-22,24H,1,12-13H2,2-5H3,(H,26,30)/t19-,20-,21+,22+,24-/m1/s1. The molecular formula is C25H30N4O8S. The zero-order chi connectivity index (χ0) is 28.0. The number of hydrogen-bond donors (Lipinski definition) is 1. The number of nitrogens with one attached hydrogen (secondary N) is 1. The number of carbonyl (C=O) groups excluding carboxylic acids is 4. The molecule has 1 aromatic carbocycles. The van der Waals surface area contributed by atoms with Crippen LogP contribution in [0.1, 0.15) is 33.9 Å². The summed E-state index contributed by atoms with van der Waals surface area (Å²) in [4.78, 5) is 48.0. The van der Waals surface area contributed by atoms with Crippen LogP contribution >= 0.6 is 12.2 Å². The van der Waals surface area contributed by atoms with Crippen molar-refractivity contribution in [3.63, 3.8) is 0 Å². The Morgan fingerprint density at radius 2 is 1.68 bits per heavy atom. The second-order valence-corrected chi connectivity index (χ2v) is 8.92. The maximum absolute atomic E-state index is 12.3. The molecule has 1 amide bonds. The third-order valence-corrected chi connectivity index (χ3v) is 5.97. The second-order valence-electron chi connectivity index (χ2n) is 8.56. The summed E-state index contributed by atoms with van der Waals surface area (Å²) in [7, 11) is 0. The molecule has 1 N–H and O–H groups in total. The zero-order valence-electron chi connectivity index (χ0n) is 21.5. The fraction of sp³-hybridized carbons (Fsp3) is 0.440. The Labute approximate surface area is 224 Å². The molecule has 1 aromatic heterocycles. The Hall–Kier alpha value is -3.84. The molecule has 1 saturated heterocycles. The molecular weight excluding hydrogens is 516 g/mol. The molecule has 0 saturated carbocycles. The largest absolute Gasteiger partial charge is 0.463 e. The predicted octanol–water partition coefficient (Wildman–Crippen LogP) is 2.10. The van der Waals surface area contributed by atoms with E-state index in [0.29, 0.717) is 12.4 Å². The van der Waals surface area contributed by atoms with Crippen molar-refractivity contribution in [1.82, 2.24) is 19.7 Å². The van der Waals surface area contributed by atoms with Crippen LogP contribution < -0.4 is 5.32 Å². The van der Waals surface area contributed by atoms with Crippen LogP contribution in [-0.4, -0.2) is 69.1 Å². The number of amides is 1. The first kappa shape index (κ1) is 28.7. The summed E-state index contributed by atoms with van der Waals surface area (Å²) >= 11 is 5.74. The molecule has 204 valence electrons. The molecule has 13 heteroatoms. The highest BCUT2D eigenvalue weighted by Gasteiger charge is 2.52. The van der Waals surface area contributed by atoms with Gasteiger partial charge < -0.3 is 24.3 Å². The van der Waals surface area contributed by atoms with Crippen LogP contribution in [0.4, 0.5) is 0 Å². The minimum absolute atomic E-state index is 0.225. The topological polar surface area (TPSA) is 140 Å². The highest BCUT2D eigenvalue weighted by molar-refractivity contribution is 7.71. The molecule has 1 aliphatic heterocycles. The minimum atomic E-state index is -1.23. The van der Waals surface area contributed by atoms with Crippen LogP contribution in [-0.2, 0) is 44.7 Å². The van der Waals surface area contributed by atoms with Crippen LogP contribution in [0.2, 0.25) is 0 Å². The van der Waals surface area contributed by atoms with Crippen molar-refractivity contribution in [1.29, 1.82) is 0 Å². The van der Waals surface area contributed by atoms with E-state index in [-0.39, 0.29) is 11.4 Å². The SMILES string of the molecule is C=CCn1c(-c2ccccc2)nn([C@@H]2O[C@H](COC(C)=O)[C@H](OC(C)=O)[C@@H](OC(C)=O)[C@H]2NC(C)=O)c1=S. The Kier molecular flexibility index (Phi) is 9.53. The number of hydrogen-bond acceptors (Lipinski definition) is 10. The highest BCUT2D eigenvalue weighted by Crippen LogP contribution is 2.34. The van der Waals surface area contributed by atoms with Crippen molar-refractivity contribution in [2.24, 2.45) is 0 Å². The molecule has 0 bridgehead atoms. The highest BCUT2D eigenvalue weighted by atomic mass is 32.1. The fourth-order valence-corrected chi connectivity index (χ4v) is 4.50. The van der Waals surface area contributed by atoms with Gasteiger partial charge in [0.15, 0.2) is 24.3 Å². The van der Waals surface area contributed by atoms with Gasteiger partial charge in [0.25, 0.3) is 0 Å². The van der Waals surface area contributed by atoms with Crippen LogP contribution in [0.3, 0.4) is 0 Å². The summed E-state index contributed by atoms with van der Waals surface area (Å²) in [5.74, 6) is -1.95. The summed E-state index contributed by atoms with van der Waals surface area (Å²) in [6.45, 7) is 8.63. The lowest BCUT2D eigenvalue weighted by Gasteiger charge is -2.45. The lowest BCUT2D eigenvalue weighted by Crippen LogP contribution is -2.64. The molecule has 2 aromatic rings. The summed E-state index contributed by atoms with van der Waals surface area (Å²) in [5, 5.41) is 7.43. The molecule has 1 aliphatic rings. The molecule has 0 unspecified atom stereocenters. The van der Waals surface area contributed by atoms with Gasteiger partial charge in [0, 0.05) is 39.8 Å². The van der Waals surface area contributed by atoms with E-state index in [1.54, 1.807) is 10.6 Å². The van der Waals surface area contributed by atoms with Crippen molar-refractivity contribution in [3.05, 3.63) is 47.8 Å². The minimum Gasteiger partial charge on any atom is -0.463 e. The summed E-state index contributed by atoms with van der Waals surface area (Å²) in [6.07, 6.45) is -3.03. The number of rotatable bonds is 9. The zero-order valence-corrected chi connectivity index (χ0v) is 22.3. The quantitative estimate of drug-likeness (QED) is 0.215. The van der Waals surface area contributed by atoms with E-state index in [2.05, 4.69) is 11.9 Å². The molecule has 5 atom stereocenters. The van der Waals surface area contributed by atoms with Crippen molar-refractivity contribution in [2.75, 3.05) is 6.61 Å². The van der Waals surface area contributed by atoms with Gasteiger partial charge in [0.05, 0.1) is 0 Å². The van der Waals surface area contributed by atoms with Gasteiger partial charge in [0.2, 0.25) is 10.7 Å². The molecule has 0 spiro atoms. The Balaban J connectivity index is 2.20. The van der Waals surface area contributed by atoms with Crippen molar-refractivity contribution < 1.29 is 38.1 Å². The van der Waals surface area contributed by atoms with Gasteiger partial charge in [-0.1, -0.05) is 36.4 Å². The Morgan fingerprint density at radius 3 is 2.24 bits per heavy atom. The van der Waals surface area contributed by atoms with Gasteiger partial charge in [-0.25, -0.2) is 4.68 Å². The van der Waals surface area contributed by atoms with E-state index in [1.165, 1.54) is 32.4 Å². The Morgan fingerprint density at radius 1 is 1.05 bits per heavy atom. The van der Waals surface area contributed by atoms with Crippen LogP contribution in [0.5, 0.6) is 0 Å². The lowest BCUT2D eigenvalue weighted by molar-refractivity contribution is -0.239. The average molecular weight is 547 g/mol. The van der Waals surface area contributed by atoms with E-state index in [9.17, 15) is 19.2 Å². The maximum Gasteiger partial charge on any atom is 0.303 e. The summed E-state index contributed by atoms with van der Waals surface area (Å²) < 4.78 is 25.8. The molecule has 1 fully saturated rings. The van der Waals surface area contributed by atoms with Gasteiger partial charge >= 0.3 is 17.9 Å². The molecule has 12 nitrogen and oxygen atoms in total. The van der Waals surface area contributed by atoms with Gasteiger partial charge in [0.1, 0.15) is 18.8 Å². The molecule has 3 rings (SSSR count). The van der Waals surface area contributed by atoms with Crippen molar-refractivity contribution in [3.8, 4) is 11.4 Å². The first-order valence-electron chi connectivity index (χ1n) is 11.8. The summed E-state index contributed by atoms with van der Waals surface area (Å²) in [5.41, 5.74) is 0.761. The monoisotopic (exact) mass is 546 g/mol. The smallest absolute Gasteiger partial charge is 0.303 e. The summed E-state index contributed by atoms with van der Waals surface area (Å²) in [6, 6.07) is 8.19. The average Bonchev–Trinajstić information content (AvgIpc) is 3.16. The molecule has 0 aliphatic carbocycles. The first-order chi connectivity index (χ1) is 18.0. The number of nitrogens with zero attached hydrogens (tertiary/aromatic N) is 3. The number of allylic oxidation sites excluding steroid dienone is 1. The fourth-order valence-electron chi connectivity index (χ4n) is 4.19. The van der Waals surface area contributed by atoms with Gasteiger partial charge in [-0.3, -0.25) is 23.7 Å². The van der Waals surface area contributed by atoms with Crippen molar-refractivity contribution in [2.45, 2.75) is 64.8 Å². The maximum atomic E-state index is 12.3. The third kappa shape index (κ3) is 6.72. The van der Waals surface area contributed by atoms with Crippen LogP contribution in [0, 0.1) is 4.77 Å². The normalized spacial score (nSPS) is 22.7. The number of esters is 3. The van der Waals surface area contributed by atoms with E-state index in [4.69, 9.17) is 36.3 Å². The number of aromatic nitrogens is 3.